The van der Waals surface area contributed by atoms with Crippen LogP contribution in [0.15, 0.2) is 30.6 Å². The van der Waals surface area contributed by atoms with Gasteiger partial charge in [0.1, 0.15) is 22.6 Å². The van der Waals surface area contributed by atoms with Gasteiger partial charge in [0.25, 0.3) is 0 Å². The van der Waals surface area contributed by atoms with Gasteiger partial charge in [-0.2, -0.15) is 13.2 Å². The van der Waals surface area contributed by atoms with Gasteiger partial charge >= 0.3 is 12.1 Å². The number of aromatic nitrogens is 4. The third kappa shape index (κ3) is 3.85. The monoisotopic (exact) mass is 436 g/mol. The molecular weight excluding hydrogens is 421 g/mol. The van der Waals surface area contributed by atoms with E-state index in [-0.39, 0.29) is 6.61 Å². The van der Waals surface area contributed by atoms with Crippen LogP contribution in [0.25, 0.3) is 27.3 Å². The number of aryl methyl sites for hydroxylation is 1. The molecule has 3 heterocycles. The summed E-state index contributed by atoms with van der Waals surface area (Å²) >= 11 is 1.21. The Morgan fingerprint density at radius 1 is 1.30 bits per heavy atom. The SMILES string of the molecule is COC(=O)c1sc2ncn3nc(-c4cccc(COCC(F)(F)F)c4)nc3c2c1C. The van der Waals surface area contributed by atoms with Gasteiger partial charge in [-0.25, -0.2) is 19.3 Å². The first kappa shape index (κ1) is 20.2. The molecule has 0 unspecified atom stereocenters. The minimum atomic E-state index is -4.37. The number of methoxy groups -OCH3 is 1. The fraction of sp³-hybridized carbons (Fsp3) is 0.263. The summed E-state index contributed by atoms with van der Waals surface area (Å²) in [5, 5.41) is 5.12. The van der Waals surface area contributed by atoms with Gasteiger partial charge in [-0.1, -0.05) is 18.2 Å². The molecule has 0 saturated heterocycles. The molecule has 30 heavy (non-hydrogen) atoms. The molecule has 3 aromatic heterocycles. The van der Waals surface area contributed by atoms with E-state index in [1.54, 1.807) is 31.2 Å². The average Bonchev–Trinajstić information content (AvgIpc) is 3.28. The van der Waals surface area contributed by atoms with E-state index in [9.17, 15) is 18.0 Å². The molecule has 156 valence electrons. The second kappa shape index (κ2) is 7.65. The number of esters is 1. The number of carbonyl (C=O) groups is 1. The van der Waals surface area contributed by atoms with E-state index in [1.807, 2.05) is 0 Å². The summed E-state index contributed by atoms with van der Waals surface area (Å²) in [5.41, 5.74) is 2.42. The van der Waals surface area contributed by atoms with Crippen molar-refractivity contribution in [3.63, 3.8) is 0 Å². The topological polar surface area (TPSA) is 78.6 Å². The van der Waals surface area contributed by atoms with Gasteiger partial charge in [0.05, 0.1) is 19.1 Å². The minimum absolute atomic E-state index is 0.182. The van der Waals surface area contributed by atoms with Crippen LogP contribution >= 0.6 is 11.3 Å². The largest absolute Gasteiger partial charge is 0.465 e. The Balaban J connectivity index is 1.70. The lowest BCUT2D eigenvalue weighted by molar-refractivity contribution is -0.176. The lowest BCUT2D eigenvalue weighted by Gasteiger charge is -2.08. The zero-order valence-corrected chi connectivity index (χ0v) is 16.7. The van der Waals surface area contributed by atoms with Crippen LogP contribution in [0.4, 0.5) is 13.2 Å². The molecule has 0 saturated carbocycles. The minimum Gasteiger partial charge on any atom is -0.465 e. The number of nitrogens with zero attached hydrogens (tertiary/aromatic N) is 4. The Morgan fingerprint density at radius 2 is 2.10 bits per heavy atom. The molecule has 1 aromatic carbocycles. The van der Waals surface area contributed by atoms with E-state index in [0.29, 0.717) is 43.3 Å². The maximum atomic E-state index is 12.3. The summed E-state index contributed by atoms with van der Waals surface area (Å²) < 4.78 is 47.9. The number of rotatable bonds is 5. The molecule has 0 aliphatic rings. The van der Waals surface area contributed by atoms with Crippen LogP contribution in [0.1, 0.15) is 20.8 Å². The van der Waals surface area contributed by atoms with Crippen molar-refractivity contribution in [2.24, 2.45) is 0 Å². The summed E-state index contributed by atoms with van der Waals surface area (Å²) in [5.74, 6) is -0.0628. The first-order valence-electron chi connectivity index (χ1n) is 8.73. The van der Waals surface area contributed by atoms with Crippen LogP contribution in [0.5, 0.6) is 0 Å². The molecule has 0 bridgehead atoms. The molecule has 7 nitrogen and oxygen atoms in total. The Labute approximate surface area is 172 Å². The first-order chi connectivity index (χ1) is 14.3. The van der Waals surface area contributed by atoms with Gasteiger partial charge in [0.15, 0.2) is 11.5 Å². The number of hydrogen-bond donors (Lipinski definition) is 0. The Kier molecular flexibility index (Phi) is 5.16. The number of benzene rings is 1. The smallest absolute Gasteiger partial charge is 0.411 e. The quantitative estimate of drug-likeness (QED) is 0.437. The van der Waals surface area contributed by atoms with Crippen LogP contribution in [0.2, 0.25) is 0 Å². The van der Waals surface area contributed by atoms with Crippen molar-refractivity contribution in [2.75, 3.05) is 13.7 Å². The summed E-state index contributed by atoms with van der Waals surface area (Å²) in [4.78, 5) is 22.0. The van der Waals surface area contributed by atoms with Crippen LogP contribution in [-0.4, -0.2) is 45.4 Å². The van der Waals surface area contributed by atoms with Crippen molar-refractivity contribution in [2.45, 2.75) is 19.7 Å². The lowest BCUT2D eigenvalue weighted by atomic mass is 10.1. The lowest BCUT2D eigenvalue weighted by Crippen LogP contribution is -2.16. The van der Waals surface area contributed by atoms with Gasteiger partial charge in [-0.3, -0.25) is 0 Å². The Hall–Kier alpha value is -3.05. The standard InChI is InChI=1S/C19H15F3N4O3S/c1-10-13-16-24-15(12-5-3-4-11(6-12)7-29-8-19(20,21)22)25-26(16)9-23-17(13)30-14(10)18(27)28-2/h3-6,9H,7-8H2,1-2H3. The Bertz CT molecular complexity index is 1250. The maximum absolute atomic E-state index is 12.3. The summed E-state index contributed by atoms with van der Waals surface area (Å²) in [6.07, 6.45) is -2.87. The predicted molar refractivity (Wildman–Crippen MR) is 103 cm³/mol. The van der Waals surface area contributed by atoms with Gasteiger partial charge in [-0.05, 0) is 24.1 Å². The molecule has 0 spiro atoms. The summed E-state index contributed by atoms with van der Waals surface area (Å²) in [6, 6.07) is 6.80. The third-order valence-electron chi connectivity index (χ3n) is 4.36. The van der Waals surface area contributed by atoms with Gasteiger partial charge in [0.2, 0.25) is 0 Å². The van der Waals surface area contributed by atoms with Crippen molar-refractivity contribution in [3.8, 4) is 11.4 Å². The van der Waals surface area contributed by atoms with Crippen LogP contribution in [0.3, 0.4) is 0 Å². The van der Waals surface area contributed by atoms with Crippen molar-refractivity contribution < 1.29 is 27.4 Å². The van der Waals surface area contributed by atoms with E-state index in [1.165, 1.54) is 29.3 Å². The molecule has 0 atom stereocenters. The van der Waals surface area contributed by atoms with E-state index in [0.717, 1.165) is 0 Å². The van der Waals surface area contributed by atoms with E-state index in [4.69, 9.17) is 9.47 Å². The third-order valence-corrected chi connectivity index (χ3v) is 5.54. The fourth-order valence-electron chi connectivity index (χ4n) is 3.03. The van der Waals surface area contributed by atoms with E-state index >= 15 is 0 Å². The number of thiophene rings is 1. The number of fused-ring (bicyclic) bond motifs is 3. The van der Waals surface area contributed by atoms with Crippen LogP contribution < -0.4 is 0 Å². The Morgan fingerprint density at radius 3 is 2.83 bits per heavy atom. The number of halogens is 3. The molecule has 0 N–H and O–H groups in total. The number of carbonyl (C=O) groups excluding carboxylic acids is 1. The highest BCUT2D eigenvalue weighted by atomic mass is 32.1. The summed E-state index contributed by atoms with van der Waals surface area (Å²) in [7, 11) is 1.32. The van der Waals surface area contributed by atoms with Gasteiger partial charge < -0.3 is 9.47 Å². The predicted octanol–water partition coefficient (Wildman–Crippen LogP) is 4.18. The van der Waals surface area contributed by atoms with E-state index in [2.05, 4.69) is 15.1 Å². The van der Waals surface area contributed by atoms with E-state index < -0.39 is 18.8 Å². The molecular formula is C19H15F3N4O3S. The van der Waals surface area contributed by atoms with Crippen molar-refractivity contribution in [1.29, 1.82) is 0 Å². The molecule has 4 rings (SSSR count). The molecule has 0 fully saturated rings. The number of ether oxygens (including phenoxy) is 2. The highest BCUT2D eigenvalue weighted by Gasteiger charge is 2.27. The van der Waals surface area contributed by atoms with Gasteiger partial charge in [0, 0.05) is 5.56 Å². The zero-order valence-electron chi connectivity index (χ0n) is 15.9. The fourth-order valence-corrected chi connectivity index (χ4v) is 4.09. The number of hydrogen-bond acceptors (Lipinski definition) is 7. The highest BCUT2D eigenvalue weighted by molar-refractivity contribution is 7.20. The number of alkyl halides is 3. The maximum Gasteiger partial charge on any atom is 0.411 e. The second-order valence-electron chi connectivity index (χ2n) is 6.48. The molecule has 0 amide bonds. The van der Waals surface area contributed by atoms with Crippen LogP contribution in [0, 0.1) is 6.92 Å². The average molecular weight is 436 g/mol. The molecule has 4 aromatic rings. The highest BCUT2D eigenvalue weighted by Crippen LogP contribution is 2.33. The molecule has 11 heteroatoms. The molecule has 0 aliphatic carbocycles. The first-order valence-corrected chi connectivity index (χ1v) is 9.55. The molecule has 0 radical (unpaired) electrons. The molecule has 0 aliphatic heterocycles. The van der Waals surface area contributed by atoms with Crippen molar-refractivity contribution >= 4 is 33.2 Å². The normalized spacial score (nSPS) is 12.0. The second-order valence-corrected chi connectivity index (χ2v) is 7.48. The van der Waals surface area contributed by atoms with Gasteiger partial charge in [-0.15, -0.1) is 16.4 Å². The van der Waals surface area contributed by atoms with Crippen molar-refractivity contribution in [3.05, 3.63) is 46.6 Å². The summed E-state index contributed by atoms with van der Waals surface area (Å²) in [6.45, 7) is 0.297. The van der Waals surface area contributed by atoms with Crippen molar-refractivity contribution in [1.82, 2.24) is 19.6 Å². The van der Waals surface area contributed by atoms with Crippen LogP contribution in [-0.2, 0) is 16.1 Å². The zero-order chi connectivity index (χ0) is 21.5.